The van der Waals surface area contributed by atoms with Gasteiger partial charge in [-0.3, -0.25) is 9.36 Å². The molecular formula is C33H32FKN4O4. The Hall–Kier alpha value is -3.15. The second-order valence-electron chi connectivity index (χ2n) is 10.4. The molecule has 2 heterocycles. The SMILES string of the molecule is CCCc1nc(C(C)F)c(-c2ccc(OC(C)C)cc2)c(=O)n1Cc1ccc(-c2ccccc2-c2noc([O-])n2)cc1.[K+]. The zero-order valence-corrected chi connectivity index (χ0v) is 28.1. The topological polar surface area (TPSA) is 106 Å². The predicted octanol–water partition coefficient (Wildman–Crippen LogP) is 3.52. The van der Waals surface area contributed by atoms with Crippen molar-refractivity contribution in [3.63, 3.8) is 0 Å². The summed E-state index contributed by atoms with van der Waals surface area (Å²) in [6, 6.07) is 22.4. The molecule has 8 nitrogen and oxygen atoms in total. The van der Waals surface area contributed by atoms with Crippen LogP contribution in [-0.2, 0) is 13.0 Å². The maximum Gasteiger partial charge on any atom is 1.00 e. The van der Waals surface area contributed by atoms with E-state index in [4.69, 9.17) is 4.74 Å². The Kier molecular flexibility index (Phi) is 11.1. The summed E-state index contributed by atoms with van der Waals surface area (Å²) in [5.74, 6) is 1.44. The second-order valence-corrected chi connectivity index (χ2v) is 10.4. The fourth-order valence-electron chi connectivity index (χ4n) is 4.95. The number of ether oxygens (including phenoxy) is 1. The minimum Gasteiger partial charge on any atom is -0.528 e. The van der Waals surface area contributed by atoms with Gasteiger partial charge in [0, 0.05) is 12.0 Å². The molecule has 0 spiro atoms. The molecule has 10 heteroatoms. The van der Waals surface area contributed by atoms with Crippen molar-refractivity contribution in [1.82, 2.24) is 19.7 Å². The molecule has 0 aliphatic rings. The van der Waals surface area contributed by atoms with Gasteiger partial charge in [-0.1, -0.05) is 67.6 Å². The normalized spacial score (nSPS) is 11.8. The van der Waals surface area contributed by atoms with Gasteiger partial charge in [-0.15, -0.1) is 0 Å². The molecule has 43 heavy (non-hydrogen) atoms. The van der Waals surface area contributed by atoms with Gasteiger partial charge >= 0.3 is 51.4 Å². The number of rotatable bonds is 10. The Balaban J connectivity index is 0.00000423. The Labute approximate surface area is 292 Å². The van der Waals surface area contributed by atoms with Crippen molar-refractivity contribution in [3.05, 3.63) is 100 Å². The first-order chi connectivity index (χ1) is 20.2. The predicted molar refractivity (Wildman–Crippen MR) is 157 cm³/mol. The van der Waals surface area contributed by atoms with Gasteiger partial charge in [-0.25, -0.2) is 14.4 Å². The summed E-state index contributed by atoms with van der Waals surface area (Å²) in [5, 5.41) is 15.2. The van der Waals surface area contributed by atoms with Crippen molar-refractivity contribution >= 4 is 0 Å². The van der Waals surface area contributed by atoms with Crippen LogP contribution in [0.4, 0.5) is 4.39 Å². The summed E-state index contributed by atoms with van der Waals surface area (Å²) in [4.78, 5) is 22.5. The summed E-state index contributed by atoms with van der Waals surface area (Å²) in [5.41, 5.74) is 3.98. The van der Waals surface area contributed by atoms with E-state index >= 15 is 0 Å². The van der Waals surface area contributed by atoms with Crippen LogP contribution in [0.2, 0.25) is 0 Å². The summed E-state index contributed by atoms with van der Waals surface area (Å²) in [6.07, 6.45) is -0.863. The van der Waals surface area contributed by atoms with Crippen LogP contribution in [0, 0.1) is 0 Å². The van der Waals surface area contributed by atoms with Crippen LogP contribution in [0.5, 0.6) is 11.8 Å². The smallest absolute Gasteiger partial charge is 0.528 e. The van der Waals surface area contributed by atoms with E-state index in [1.54, 1.807) is 28.8 Å². The summed E-state index contributed by atoms with van der Waals surface area (Å²) in [6.45, 7) is 7.56. The van der Waals surface area contributed by atoms with Gasteiger partial charge in [0.2, 0.25) is 0 Å². The van der Waals surface area contributed by atoms with E-state index in [9.17, 15) is 14.3 Å². The molecule has 0 N–H and O–H groups in total. The minimum absolute atomic E-state index is 0. The first kappa shape index (κ1) is 32.8. The number of aryl methyl sites for hydroxylation is 1. The molecule has 0 bridgehead atoms. The van der Waals surface area contributed by atoms with Gasteiger partial charge in [-0.05, 0) is 61.6 Å². The number of nitrogens with zero attached hydrogens (tertiary/aromatic N) is 4. The van der Waals surface area contributed by atoms with Crippen LogP contribution in [-0.4, -0.2) is 25.8 Å². The fraction of sp³-hybridized carbons (Fsp3) is 0.273. The van der Waals surface area contributed by atoms with E-state index in [0.717, 1.165) is 23.1 Å². The van der Waals surface area contributed by atoms with Gasteiger partial charge in [0.1, 0.15) is 17.7 Å². The van der Waals surface area contributed by atoms with E-state index in [1.807, 2.05) is 69.3 Å². The Morgan fingerprint density at radius 2 is 1.58 bits per heavy atom. The maximum atomic E-state index is 14.9. The van der Waals surface area contributed by atoms with Crippen LogP contribution in [0.1, 0.15) is 57.4 Å². The molecule has 0 radical (unpaired) electrons. The second kappa shape index (κ2) is 14.5. The first-order valence-electron chi connectivity index (χ1n) is 14.0. The van der Waals surface area contributed by atoms with Gasteiger partial charge in [0.15, 0.2) is 11.9 Å². The van der Waals surface area contributed by atoms with Crippen LogP contribution in [0.15, 0.2) is 82.1 Å². The molecule has 0 aliphatic carbocycles. The van der Waals surface area contributed by atoms with E-state index < -0.39 is 12.2 Å². The van der Waals surface area contributed by atoms with E-state index in [0.29, 0.717) is 29.1 Å². The molecule has 216 valence electrons. The van der Waals surface area contributed by atoms with Crippen LogP contribution >= 0.6 is 0 Å². The number of hydrogen-bond acceptors (Lipinski definition) is 7. The molecule has 1 unspecified atom stereocenters. The molecule has 3 aromatic carbocycles. The molecule has 0 saturated heterocycles. The van der Waals surface area contributed by atoms with Crippen molar-refractivity contribution < 1.29 is 70.1 Å². The largest absolute Gasteiger partial charge is 1.00 e. The maximum absolute atomic E-state index is 14.9. The molecule has 0 fully saturated rings. The van der Waals surface area contributed by atoms with Crippen molar-refractivity contribution in [2.75, 3.05) is 0 Å². The van der Waals surface area contributed by atoms with Gasteiger partial charge in [0.05, 0.1) is 23.9 Å². The first-order valence-corrected chi connectivity index (χ1v) is 14.0. The minimum atomic E-state index is -1.42. The van der Waals surface area contributed by atoms with Gasteiger partial charge < -0.3 is 14.4 Å². The molecule has 5 rings (SSSR count). The standard InChI is InChI=1S/C33H33FN4O4.K/c1-5-8-28-35-30(21(4)34)29(24-15-17-25(18-16-24)41-20(2)3)32(39)38(28)19-22-11-13-23(14-12-22)26-9-6-7-10-27(26)31-36-33(40)42-37-31;/h6-7,9-18,20-21H,5,8,19H2,1-4H3,(H,36,37,40);/q;+1/p-1. The molecule has 1 atom stereocenters. The Morgan fingerprint density at radius 1 is 0.930 bits per heavy atom. The van der Waals surface area contributed by atoms with Gasteiger partial charge in [-0.2, -0.15) is 5.16 Å². The third-order valence-corrected chi connectivity index (χ3v) is 6.82. The Bertz CT molecular complexity index is 1730. The molecular weight excluding hydrogens is 574 g/mol. The summed E-state index contributed by atoms with van der Waals surface area (Å²) >= 11 is 0. The van der Waals surface area contributed by atoms with Crippen LogP contribution in [0.3, 0.4) is 0 Å². The zero-order valence-electron chi connectivity index (χ0n) is 25.0. The third kappa shape index (κ3) is 7.50. The average molecular weight is 607 g/mol. The number of hydrogen-bond donors (Lipinski definition) is 0. The fourth-order valence-corrected chi connectivity index (χ4v) is 4.95. The van der Waals surface area contributed by atoms with E-state index in [-0.39, 0.29) is 86.7 Å². The van der Waals surface area contributed by atoms with E-state index in [2.05, 4.69) is 19.6 Å². The average Bonchev–Trinajstić information content (AvgIpc) is 3.41. The monoisotopic (exact) mass is 606 g/mol. The number of benzene rings is 3. The molecule has 0 saturated carbocycles. The third-order valence-electron chi connectivity index (χ3n) is 6.82. The van der Waals surface area contributed by atoms with Crippen LogP contribution < -0.4 is 66.8 Å². The van der Waals surface area contributed by atoms with Crippen molar-refractivity contribution in [1.29, 1.82) is 0 Å². The molecule has 5 aromatic rings. The number of halogens is 1. The molecule has 0 amide bonds. The Morgan fingerprint density at radius 3 is 2.16 bits per heavy atom. The number of alkyl halides is 1. The zero-order chi connectivity index (χ0) is 29.8. The van der Waals surface area contributed by atoms with E-state index in [1.165, 1.54) is 6.92 Å². The van der Waals surface area contributed by atoms with Crippen molar-refractivity contribution in [2.24, 2.45) is 0 Å². The van der Waals surface area contributed by atoms with Crippen molar-refractivity contribution in [2.45, 2.75) is 59.4 Å². The summed E-state index contributed by atoms with van der Waals surface area (Å²) in [7, 11) is 0. The van der Waals surface area contributed by atoms with Crippen LogP contribution in [0.25, 0.3) is 33.6 Å². The van der Waals surface area contributed by atoms with Crippen molar-refractivity contribution in [3.8, 4) is 45.5 Å². The molecule has 0 aliphatic heterocycles. The summed E-state index contributed by atoms with van der Waals surface area (Å²) < 4.78 is 26.9. The van der Waals surface area contributed by atoms with Gasteiger partial charge in [0.25, 0.3) is 5.56 Å². The quantitative estimate of drug-likeness (QED) is 0.224. The molecule has 2 aromatic heterocycles. The number of aromatic nitrogens is 4.